The SMILES string of the molecule is Cc1cccc2c(CCNC(=O)O)cccc12. The highest BCUT2D eigenvalue weighted by Gasteiger charge is 2.03. The first kappa shape index (κ1) is 11.5. The van der Waals surface area contributed by atoms with Crippen molar-refractivity contribution in [2.45, 2.75) is 13.3 Å². The number of aryl methyl sites for hydroxylation is 1. The highest BCUT2D eigenvalue weighted by atomic mass is 16.4. The molecular formula is C14H15NO2. The summed E-state index contributed by atoms with van der Waals surface area (Å²) in [6.07, 6.45) is -0.256. The van der Waals surface area contributed by atoms with Gasteiger partial charge in [-0.25, -0.2) is 4.79 Å². The van der Waals surface area contributed by atoms with Crippen LogP contribution in [0.4, 0.5) is 4.79 Å². The molecule has 0 bridgehead atoms. The van der Waals surface area contributed by atoms with Gasteiger partial charge in [0.15, 0.2) is 0 Å². The van der Waals surface area contributed by atoms with E-state index in [1.165, 1.54) is 21.9 Å². The molecule has 0 aliphatic heterocycles. The number of benzene rings is 2. The minimum Gasteiger partial charge on any atom is -0.465 e. The van der Waals surface area contributed by atoms with Gasteiger partial charge in [-0.1, -0.05) is 36.4 Å². The van der Waals surface area contributed by atoms with Gasteiger partial charge >= 0.3 is 6.09 Å². The topological polar surface area (TPSA) is 49.3 Å². The second kappa shape index (κ2) is 4.87. The van der Waals surface area contributed by atoms with Crippen molar-refractivity contribution in [1.82, 2.24) is 5.32 Å². The number of carbonyl (C=O) groups is 1. The Kier molecular flexibility index (Phi) is 3.28. The van der Waals surface area contributed by atoms with Crippen LogP contribution in [0.25, 0.3) is 10.8 Å². The van der Waals surface area contributed by atoms with Crippen LogP contribution in [0.3, 0.4) is 0 Å². The van der Waals surface area contributed by atoms with Gasteiger partial charge in [-0.2, -0.15) is 0 Å². The van der Waals surface area contributed by atoms with Crippen LogP contribution in [0, 0.1) is 6.92 Å². The summed E-state index contributed by atoms with van der Waals surface area (Å²) >= 11 is 0. The second-order valence-electron chi connectivity index (χ2n) is 4.07. The quantitative estimate of drug-likeness (QED) is 0.850. The van der Waals surface area contributed by atoms with E-state index >= 15 is 0 Å². The summed E-state index contributed by atoms with van der Waals surface area (Å²) in [4.78, 5) is 10.4. The summed E-state index contributed by atoms with van der Waals surface area (Å²) in [5, 5.41) is 13.4. The average molecular weight is 229 g/mol. The Morgan fingerprint density at radius 2 is 1.88 bits per heavy atom. The molecule has 1 amide bonds. The number of hydrogen-bond donors (Lipinski definition) is 2. The number of carboxylic acid groups (broad SMARTS) is 1. The third kappa shape index (κ3) is 2.56. The number of rotatable bonds is 3. The van der Waals surface area contributed by atoms with Crippen molar-refractivity contribution in [2.24, 2.45) is 0 Å². The van der Waals surface area contributed by atoms with Gasteiger partial charge in [0.1, 0.15) is 0 Å². The van der Waals surface area contributed by atoms with Crippen molar-refractivity contribution in [3.8, 4) is 0 Å². The van der Waals surface area contributed by atoms with E-state index in [2.05, 4.69) is 30.4 Å². The molecule has 3 heteroatoms. The van der Waals surface area contributed by atoms with Gasteiger partial charge < -0.3 is 10.4 Å². The normalized spacial score (nSPS) is 10.4. The van der Waals surface area contributed by atoms with E-state index in [0.29, 0.717) is 13.0 Å². The van der Waals surface area contributed by atoms with Crippen LogP contribution in [0.2, 0.25) is 0 Å². The van der Waals surface area contributed by atoms with E-state index in [9.17, 15) is 4.79 Å². The summed E-state index contributed by atoms with van der Waals surface area (Å²) in [6, 6.07) is 12.4. The monoisotopic (exact) mass is 229 g/mol. The van der Waals surface area contributed by atoms with Gasteiger partial charge in [-0.05, 0) is 35.2 Å². The van der Waals surface area contributed by atoms with E-state index in [1.54, 1.807) is 0 Å². The molecule has 0 heterocycles. The van der Waals surface area contributed by atoms with Crippen molar-refractivity contribution in [1.29, 1.82) is 0 Å². The van der Waals surface area contributed by atoms with Gasteiger partial charge in [-0.3, -0.25) is 0 Å². The minimum atomic E-state index is -0.971. The number of amides is 1. The third-order valence-electron chi connectivity index (χ3n) is 2.90. The Morgan fingerprint density at radius 3 is 2.65 bits per heavy atom. The van der Waals surface area contributed by atoms with E-state index in [4.69, 9.17) is 5.11 Å². The molecule has 0 aromatic heterocycles. The van der Waals surface area contributed by atoms with Crippen molar-refractivity contribution >= 4 is 16.9 Å². The number of hydrogen-bond acceptors (Lipinski definition) is 1. The first-order chi connectivity index (χ1) is 8.18. The first-order valence-corrected chi connectivity index (χ1v) is 5.62. The largest absolute Gasteiger partial charge is 0.465 e. The summed E-state index contributed by atoms with van der Waals surface area (Å²) in [5.74, 6) is 0. The molecule has 88 valence electrons. The first-order valence-electron chi connectivity index (χ1n) is 5.62. The fourth-order valence-corrected chi connectivity index (χ4v) is 2.05. The molecule has 2 aromatic rings. The summed E-state index contributed by atoms with van der Waals surface area (Å²) in [5.41, 5.74) is 2.43. The summed E-state index contributed by atoms with van der Waals surface area (Å²) in [6.45, 7) is 2.53. The van der Waals surface area contributed by atoms with Gasteiger partial charge in [0.2, 0.25) is 0 Å². The molecule has 0 unspecified atom stereocenters. The average Bonchev–Trinajstić information content (AvgIpc) is 2.30. The van der Waals surface area contributed by atoms with Crippen LogP contribution in [0.15, 0.2) is 36.4 Å². The van der Waals surface area contributed by atoms with Crippen molar-refractivity contribution in [2.75, 3.05) is 6.54 Å². The van der Waals surface area contributed by atoms with Gasteiger partial charge in [0.05, 0.1) is 0 Å². The van der Waals surface area contributed by atoms with E-state index in [-0.39, 0.29) is 0 Å². The molecule has 2 aromatic carbocycles. The molecule has 0 radical (unpaired) electrons. The zero-order valence-electron chi connectivity index (χ0n) is 9.73. The molecule has 2 rings (SSSR count). The molecule has 3 nitrogen and oxygen atoms in total. The molecule has 0 fully saturated rings. The zero-order chi connectivity index (χ0) is 12.3. The lowest BCUT2D eigenvalue weighted by Crippen LogP contribution is -2.23. The maximum atomic E-state index is 10.4. The van der Waals surface area contributed by atoms with Crippen LogP contribution >= 0.6 is 0 Å². The lowest BCUT2D eigenvalue weighted by atomic mass is 9.99. The third-order valence-corrected chi connectivity index (χ3v) is 2.90. The Bertz CT molecular complexity index is 549. The zero-order valence-corrected chi connectivity index (χ0v) is 9.73. The second-order valence-corrected chi connectivity index (χ2v) is 4.07. The van der Waals surface area contributed by atoms with Crippen molar-refractivity contribution < 1.29 is 9.90 Å². The van der Waals surface area contributed by atoms with Gasteiger partial charge in [0, 0.05) is 6.54 Å². The Balaban J connectivity index is 2.28. The molecule has 2 N–H and O–H groups in total. The predicted molar refractivity (Wildman–Crippen MR) is 68.4 cm³/mol. The van der Waals surface area contributed by atoms with Crippen LogP contribution in [-0.2, 0) is 6.42 Å². The van der Waals surface area contributed by atoms with Crippen LogP contribution in [0.5, 0.6) is 0 Å². The molecule has 0 spiro atoms. The van der Waals surface area contributed by atoms with E-state index in [1.807, 2.05) is 18.2 Å². The molecule has 0 aliphatic rings. The Hall–Kier alpha value is -2.03. The summed E-state index contributed by atoms with van der Waals surface area (Å²) < 4.78 is 0. The fraction of sp³-hybridized carbons (Fsp3) is 0.214. The number of nitrogens with one attached hydrogen (secondary N) is 1. The lowest BCUT2D eigenvalue weighted by Gasteiger charge is -2.08. The highest BCUT2D eigenvalue weighted by Crippen LogP contribution is 2.22. The van der Waals surface area contributed by atoms with E-state index in [0.717, 1.165) is 0 Å². The number of fused-ring (bicyclic) bond motifs is 1. The fourth-order valence-electron chi connectivity index (χ4n) is 2.05. The molecule has 0 saturated heterocycles. The van der Waals surface area contributed by atoms with Crippen molar-refractivity contribution in [3.63, 3.8) is 0 Å². The maximum Gasteiger partial charge on any atom is 0.404 e. The lowest BCUT2D eigenvalue weighted by molar-refractivity contribution is 0.194. The Labute approximate surface area is 100 Å². The van der Waals surface area contributed by atoms with E-state index < -0.39 is 6.09 Å². The Morgan fingerprint density at radius 1 is 1.18 bits per heavy atom. The van der Waals surface area contributed by atoms with Gasteiger partial charge in [0.25, 0.3) is 0 Å². The minimum absolute atomic E-state index is 0.447. The van der Waals surface area contributed by atoms with Gasteiger partial charge in [-0.15, -0.1) is 0 Å². The van der Waals surface area contributed by atoms with Crippen molar-refractivity contribution in [3.05, 3.63) is 47.5 Å². The van der Waals surface area contributed by atoms with Crippen LogP contribution < -0.4 is 5.32 Å². The predicted octanol–water partition coefficient (Wildman–Crippen LogP) is 2.96. The molecule has 0 saturated carbocycles. The standard InChI is InChI=1S/C14H15NO2/c1-10-4-2-7-13-11(5-3-6-12(10)13)8-9-15-14(16)17/h2-7,15H,8-9H2,1H3,(H,16,17). The molecular weight excluding hydrogens is 214 g/mol. The summed E-state index contributed by atoms with van der Waals surface area (Å²) in [7, 11) is 0. The van der Waals surface area contributed by atoms with Crippen LogP contribution in [-0.4, -0.2) is 17.7 Å². The van der Waals surface area contributed by atoms with Crippen LogP contribution in [0.1, 0.15) is 11.1 Å². The molecule has 0 atom stereocenters. The highest BCUT2D eigenvalue weighted by molar-refractivity contribution is 5.88. The molecule has 0 aliphatic carbocycles. The smallest absolute Gasteiger partial charge is 0.404 e. The molecule has 17 heavy (non-hydrogen) atoms. The maximum absolute atomic E-state index is 10.4.